The SMILES string of the molecule is CCNC(=NCc1ccco1)NCc1sc(C)nc1C. The van der Waals surface area contributed by atoms with Crippen LogP contribution >= 0.6 is 11.3 Å². The van der Waals surface area contributed by atoms with Gasteiger partial charge in [0.25, 0.3) is 0 Å². The van der Waals surface area contributed by atoms with Crippen molar-refractivity contribution in [3.8, 4) is 0 Å². The number of nitrogens with zero attached hydrogens (tertiary/aromatic N) is 2. The third kappa shape index (κ3) is 4.09. The van der Waals surface area contributed by atoms with E-state index in [-0.39, 0.29) is 0 Å². The quantitative estimate of drug-likeness (QED) is 0.657. The molecule has 0 saturated heterocycles. The van der Waals surface area contributed by atoms with E-state index in [9.17, 15) is 0 Å². The molecule has 0 aromatic carbocycles. The number of furan rings is 1. The molecule has 0 aliphatic rings. The van der Waals surface area contributed by atoms with Crippen molar-refractivity contribution in [2.24, 2.45) is 4.99 Å². The van der Waals surface area contributed by atoms with Gasteiger partial charge in [0.1, 0.15) is 12.3 Å². The van der Waals surface area contributed by atoms with Gasteiger partial charge in [0, 0.05) is 11.4 Å². The highest BCUT2D eigenvalue weighted by molar-refractivity contribution is 7.11. The lowest BCUT2D eigenvalue weighted by Gasteiger charge is -2.10. The van der Waals surface area contributed by atoms with Crippen LogP contribution in [0.5, 0.6) is 0 Å². The third-order valence-electron chi connectivity index (χ3n) is 2.73. The Balaban J connectivity index is 1.95. The zero-order chi connectivity index (χ0) is 14.4. The Labute approximate surface area is 123 Å². The van der Waals surface area contributed by atoms with Crippen molar-refractivity contribution >= 4 is 17.3 Å². The van der Waals surface area contributed by atoms with Gasteiger partial charge in [-0.3, -0.25) is 0 Å². The van der Waals surface area contributed by atoms with Crippen LogP contribution in [0.25, 0.3) is 0 Å². The number of thiazole rings is 1. The summed E-state index contributed by atoms with van der Waals surface area (Å²) in [6.45, 7) is 8.20. The monoisotopic (exact) mass is 292 g/mol. The van der Waals surface area contributed by atoms with Gasteiger partial charge in [0.2, 0.25) is 0 Å². The molecule has 2 N–H and O–H groups in total. The minimum atomic E-state index is 0.531. The molecule has 0 amide bonds. The molecule has 0 aliphatic carbocycles. The van der Waals surface area contributed by atoms with Crippen LogP contribution in [0.15, 0.2) is 27.8 Å². The second-order valence-electron chi connectivity index (χ2n) is 4.37. The molecule has 0 bridgehead atoms. The van der Waals surface area contributed by atoms with E-state index in [1.54, 1.807) is 17.6 Å². The second-order valence-corrected chi connectivity index (χ2v) is 5.66. The van der Waals surface area contributed by atoms with E-state index in [1.807, 2.05) is 32.9 Å². The highest BCUT2D eigenvalue weighted by Gasteiger charge is 2.05. The van der Waals surface area contributed by atoms with Gasteiger partial charge in [-0.25, -0.2) is 9.98 Å². The van der Waals surface area contributed by atoms with E-state index < -0.39 is 0 Å². The summed E-state index contributed by atoms with van der Waals surface area (Å²) in [5.74, 6) is 1.64. The number of rotatable bonds is 5. The number of aliphatic imine (C=N–C) groups is 1. The number of hydrogen-bond acceptors (Lipinski definition) is 4. The molecule has 0 radical (unpaired) electrons. The number of aryl methyl sites for hydroxylation is 2. The average Bonchev–Trinajstić information content (AvgIpc) is 3.03. The Morgan fingerprint density at radius 2 is 2.25 bits per heavy atom. The first-order chi connectivity index (χ1) is 9.69. The second kappa shape index (κ2) is 7.09. The van der Waals surface area contributed by atoms with Crippen molar-refractivity contribution in [3.63, 3.8) is 0 Å². The van der Waals surface area contributed by atoms with Crippen LogP contribution in [0.4, 0.5) is 0 Å². The molecule has 20 heavy (non-hydrogen) atoms. The molecule has 0 fully saturated rings. The van der Waals surface area contributed by atoms with E-state index in [2.05, 4.69) is 20.6 Å². The van der Waals surface area contributed by atoms with Gasteiger partial charge in [-0.15, -0.1) is 11.3 Å². The fraction of sp³-hybridized carbons (Fsp3) is 0.429. The summed E-state index contributed by atoms with van der Waals surface area (Å²) < 4.78 is 5.28. The Morgan fingerprint density at radius 1 is 1.40 bits per heavy atom. The number of aromatic nitrogens is 1. The van der Waals surface area contributed by atoms with E-state index in [1.165, 1.54) is 4.88 Å². The normalized spacial score (nSPS) is 11.7. The molecule has 2 aromatic heterocycles. The Morgan fingerprint density at radius 3 is 2.85 bits per heavy atom. The van der Waals surface area contributed by atoms with Gasteiger partial charge in [0.15, 0.2) is 5.96 Å². The van der Waals surface area contributed by atoms with Crippen LogP contribution < -0.4 is 10.6 Å². The zero-order valence-electron chi connectivity index (χ0n) is 12.1. The van der Waals surface area contributed by atoms with Gasteiger partial charge < -0.3 is 15.1 Å². The maximum absolute atomic E-state index is 5.28. The van der Waals surface area contributed by atoms with Crippen molar-refractivity contribution in [1.82, 2.24) is 15.6 Å². The highest BCUT2D eigenvalue weighted by atomic mass is 32.1. The number of guanidine groups is 1. The van der Waals surface area contributed by atoms with Crippen LogP contribution in [0.3, 0.4) is 0 Å². The molecule has 5 nitrogen and oxygen atoms in total. The Hall–Kier alpha value is -1.82. The molecular formula is C14H20N4OS. The van der Waals surface area contributed by atoms with Crippen molar-refractivity contribution in [3.05, 3.63) is 39.7 Å². The fourth-order valence-corrected chi connectivity index (χ4v) is 2.68. The predicted octanol–water partition coefficient (Wildman–Crippen LogP) is 2.61. The van der Waals surface area contributed by atoms with Crippen LogP contribution in [0.1, 0.15) is 28.3 Å². The van der Waals surface area contributed by atoms with Crippen LogP contribution in [0, 0.1) is 13.8 Å². The van der Waals surface area contributed by atoms with Crippen molar-refractivity contribution in [1.29, 1.82) is 0 Å². The summed E-state index contributed by atoms with van der Waals surface area (Å²) in [6, 6.07) is 3.79. The number of nitrogens with one attached hydrogen (secondary N) is 2. The lowest BCUT2D eigenvalue weighted by molar-refractivity contribution is 0.512. The summed E-state index contributed by atoms with van der Waals surface area (Å²) in [6.07, 6.45) is 1.66. The molecule has 0 unspecified atom stereocenters. The summed E-state index contributed by atoms with van der Waals surface area (Å²) in [4.78, 5) is 10.2. The minimum Gasteiger partial charge on any atom is -0.467 e. The molecule has 0 atom stereocenters. The van der Waals surface area contributed by atoms with Crippen molar-refractivity contribution in [2.75, 3.05) is 6.54 Å². The number of hydrogen-bond donors (Lipinski definition) is 2. The standard InChI is InChI=1S/C14H20N4OS/c1-4-15-14(16-8-12-6-5-7-19-12)17-9-13-10(2)18-11(3)20-13/h5-7H,4,8-9H2,1-3H3,(H2,15,16,17). The Kier molecular flexibility index (Phi) is 5.17. The van der Waals surface area contributed by atoms with Gasteiger partial charge >= 0.3 is 0 Å². The van der Waals surface area contributed by atoms with Crippen molar-refractivity contribution < 1.29 is 4.42 Å². The lowest BCUT2D eigenvalue weighted by Crippen LogP contribution is -2.36. The molecule has 0 aliphatic heterocycles. The van der Waals surface area contributed by atoms with E-state index in [4.69, 9.17) is 4.42 Å². The van der Waals surface area contributed by atoms with Gasteiger partial charge in [0.05, 0.1) is 23.5 Å². The topological polar surface area (TPSA) is 62.5 Å². The molecule has 0 spiro atoms. The molecule has 2 heterocycles. The Bertz CT molecular complexity index is 560. The summed E-state index contributed by atoms with van der Waals surface area (Å²) >= 11 is 1.72. The molecule has 6 heteroatoms. The van der Waals surface area contributed by atoms with E-state index in [0.717, 1.165) is 35.5 Å². The summed E-state index contributed by atoms with van der Waals surface area (Å²) in [5.41, 5.74) is 1.09. The van der Waals surface area contributed by atoms with Crippen LogP contribution in [-0.4, -0.2) is 17.5 Å². The summed E-state index contributed by atoms with van der Waals surface area (Å²) in [7, 11) is 0. The maximum atomic E-state index is 5.28. The summed E-state index contributed by atoms with van der Waals surface area (Å²) in [5, 5.41) is 7.64. The predicted molar refractivity (Wildman–Crippen MR) is 82.0 cm³/mol. The largest absolute Gasteiger partial charge is 0.467 e. The van der Waals surface area contributed by atoms with Gasteiger partial charge in [-0.1, -0.05) is 0 Å². The zero-order valence-corrected chi connectivity index (χ0v) is 12.9. The molecule has 2 aromatic rings. The van der Waals surface area contributed by atoms with Crippen LogP contribution in [0.2, 0.25) is 0 Å². The lowest BCUT2D eigenvalue weighted by atomic mass is 10.4. The van der Waals surface area contributed by atoms with E-state index >= 15 is 0 Å². The molecule has 108 valence electrons. The first kappa shape index (κ1) is 14.6. The first-order valence-electron chi connectivity index (χ1n) is 6.66. The van der Waals surface area contributed by atoms with E-state index in [0.29, 0.717) is 6.54 Å². The smallest absolute Gasteiger partial charge is 0.191 e. The van der Waals surface area contributed by atoms with Gasteiger partial charge in [-0.05, 0) is 32.9 Å². The molecule has 2 rings (SSSR count). The highest BCUT2D eigenvalue weighted by Crippen LogP contribution is 2.16. The average molecular weight is 292 g/mol. The first-order valence-corrected chi connectivity index (χ1v) is 7.48. The fourth-order valence-electron chi connectivity index (χ4n) is 1.80. The molecule has 0 saturated carbocycles. The van der Waals surface area contributed by atoms with Gasteiger partial charge in [-0.2, -0.15) is 0 Å². The van der Waals surface area contributed by atoms with Crippen molar-refractivity contribution in [2.45, 2.75) is 33.9 Å². The molecular weight excluding hydrogens is 272 g/mol. The van der Waals surface area contributed by atoms with Crippen LogP contribution in [-0.2, 0) is 13.1 Å². The minimum absolute atomic E-state index is 0.531. The third-order valence-corrected chi connectivity index (χ3v) is 3.81. The maximum Gasteiger partial charge on any atom is 0.191 e.